The van der Waals surface area contributed by atoms with E-state index in [1.807, 2.05) is 12.3 Å². The van der Waals surface area contributed by atoms with Gasteiger partial charge in [-0.2, -0.15) is 0 Å². The first-order chi connectivity index (χ1) is 13.2. The van der Waals surface area contributed by atoms with Crippen molar-refractivity contribution in [2.24, 2.45) is 17.0 Å². The number of pyridine rings is 1. The Labute approximate surface area is 162 Å². The maximum absolute atomic E-state index is 8.96. The van der Waals surface area contributed by atoms with E-state index in [-0.39, 0.29) is 0 Å². The first-order valence-electron chi connectivity index (χ1n) is 10.5. The zero-order chi connectivity index (χ0) is 18.8. The summed E-state index contributed by atoms with van der Waals surface area (Å²) in [6.07, 6.45) is 13.4. The lowest BCUT2D eigenvalue weighted by molar-refractivity contribution is 0.0893. The Morgan fingerprint density at radius 2 is 1.85 bits per heavy atom. The van der Waals surface area contributed by atoms with E-state index >= 15 is 0 Å². The van der Waals surface area contributed by atoms with Crippen LogP contribution in [0.1, 0.15) is 64.0 Å². The number of oxime groups is 1. The Morgan fingerprint density at radius 1 is 1.11 bits per heavy atom. The maximum atomic E-state index is 8.96. The van der Waals surface area contributed by atoms with Crippen LogP contribution in [0.5, 0.6) is 0 Å². The van der Waals surface area contributed by atoms with E-state index in [1.165, 1.54) is 57.8 Å². The van der Waals surface area contributed by atoms with E-state index in [0.29, 0.717) is 6.04 Å². The van der Waals surface area contributed by atoms with Crippen molar-refractivity contribution in [3.63, 3.8) is 0 Å². The third-order valence-electron chi connectivity index (χ3n) is 6.91. The summed E-state index contributed by atoms with van der Waals surface area (Å²) in [5.41, 5.74) is 1.94. The molecule has 1 aliphatic carbocycles. The van der Waals surface area contributed by atoms with Crippen molar-refractivity contribution in [3.05, 3.63) is 30.1 Å². The van der Waals surface area contributed by atoms with Crippen LogP contribution in [0.2, 0.25) is 0 Å². The molecular weight excluding hydrogens is 336 g/mol. The minimum Gasteiger partial charge on any atom is -0.411 e. The van der Waals surface area contributed by atoms with E-state index in [9.17, 15) is 0 Å². The fourth-order valence-corrected chi connectivity index (χ4v) is 5.21. The van der Waals surface area contributed by atoms with Gasteiger partial charge < -0.3 is 14.7 Å². The Hall–Kier alpha value is -1.88. The number of likely N-dealkylation sites (tertiary alicyclic amines) is 1. The van der Waals surface area contributed by atoms with Crippen LogP contribution in [0.15, 0.2) is 29.7 Å². The summed E-state index contributed by atoms with van der Waals surface area (Å²) in [6, 6.07) is 5.26. The molecule has 0 spiro atoms. The first kappa shape index (κ1) is 18.5. The molecule has 0 amide bonds. The van der Waals surface area contributed by atoms with Gasteiger partial charge in [-0.3, -0.25) is 0 Å². The molecule has 1 saturated carbocycles. The van der Waals surface area contributed by atoms with E-state index in [1.54, 1.807) is 0 Å². The summed E-state index contributed by atoms with van der Waals surface area (Å²) in [6.45, 7) is 7.11. The van der Waals surface area contributed by atoms with Crippen molar-refractivity contribution >= 4 is 17.2 Å². The molecule has 0 aromatic carbocycles. The molecule has 2 aliphatic rings. The molecule has 0 radical (unpaired) electrons. The van der Waals surface area contributed by atoms with Gasteiger partial charge in [-0.25, -0.2) is 4.98 Å². The molecule has 3 heterocycles. The second-order valence-corrected chi connectivity index (χ2v) is 8.69. The van der Waals surface area contributed by atoms with Crippen molar-refractivity contribution in [1.29, 1.82) is 0 Å². The van der Waals surface area contributed by atoms with Crippen LogP contribution in [0.25, 0.3) is 11.0 Å². The van der Waals surface area contributed by atoms with Crippen molar-refractivity contribution in [1.82, 2.24) is 14.5 Å². The normalized spacial score (nSPS) is 25.7. The van der Waals surface area contributed by atoms with Crippen molar-refractivity contribution < 1.29 is 5.21 Å². The van der Waals surface area contributed by atoms with E-state index in [2.05, 4.69) is 45.7 Å². The molecule has 27 heavy (non-hydrogen) atoms. The zero-order valence-electron chi connectivity index (χ0n) is 16.6. The van der Waals surface area contributed by atoms with Gasteiger partial charge in [0.1, 0.15) is 5.65 Å². The highest BCUT2D eigenvalue weighted by Crippen LogP contribution is 2.35. The summed E-state index contributed by atoms with van der Waals surface area (Å²) in [5, 5.41) is 13.3. The Bertz CT molecular complexity index is 781. The fraction of sp³-hybridized carbons (Fsp3) is 0.636. The molecule has 0 bridgehead atoms. The Morgan fingerprint density at radius 3 is 2.52 bits per heavy atom. The second kappa shape index (κ2) is 8.01. The highest BCUT2D eigenvalue weighted by Gasteiger charge is 2.30. The van der Waals surface area contributed by atoms with Crippen LogP contribution >= 0.6 is 0 Å². The molecule has 146 valence electrons. The lowest BCUT2D eigenvalue weighted by atomic mass is 9.79. The molecule has 2 aromatic rings. The van der Waals surface area contributed by atoms with Gasteiger partial charge in [0.25, 0.3) is 0 Å². The van der Waals surface area contributed by atoms with Gasteiger partial charge in [0, 0.05) is 48.5 Å². The topological polar surface area (TPSA) is 53.7 Å². The lowest BCUT2D eigenvalue weighted by Gasteiger charge is -2.41. The second-order valence-electron chi connectivity index (χ2n) is 8.69. The number of fused-ring (bicyclic) bond motifs is 1. The van der Waals surface area contributed by atoms with E-state index in [4.69, 9.17) is 5.21 Å². The molecule has 5 nitrogen and oxygen atoms in total. The largest absolute Gasteiger partial charge is 0.411 e. The van der Waals surface area contributed by atoms with Crippen molar-refractivity contribution in [2.75, 3.05) is 13.1 Å². The highest BCUT2D eigenvalue weighted by atomic mass is 16.4. The molecule has 1 N–H and O–H groups in total. The van der Waals surface area contributed by atoms with E-state index in [0.717, 1.165) is 34.5 Å². The molecule has 0 unspecified atom stereocenters. The molecular formula is C22H32N4O. The van der Waals surface area contributed by atoms with Gasteiger partial charge in [-0.1, -0.05) is 19.0 Å². The summed E-state index contributed by atoms with van der Waals surface area (Å²) in [4.78, 5) is 7.34. The molecule has 4 rings (SSSR count). The third kappa shape index (κ3) is 3.75. The predicted octanol–water partition coefficient (Wildman–Crippen LogP) is 4.70. The molecule has 2 aromatic heterocycles. The van der Waals surface area contributed by atoms with Crippen LogP contribution < -0.4 is 0 Å². The van der Waals surface area contributed by atoms with Crippen LogP contribution in [-0.4, -0.2) is 45.0 Å². The summed E-state index contributed by atoms with van der Waals surface area (Å²) < 4.78 is 2.30. The summed E-state index contributed by atoms with van der Waals surface area (Å²) in [7, 11) is 0. The molecule has 1 aliphatic heterocycles. The summed E-state index contributed by atoms with van der Waals surface area (Å²) in [5.74, 6) is 1.77. The molecule has 5 heteroatoms. The molecule has 2 fully saturated rings. The van der Waals surface area contributed by atoms with Gasteiger partial charge in [0.05, 0.1) is 6.21 Å². The van der Waals surface area contributed by atoms with Crippen molar-refractivity contribution in [3.8, 4) is 0 Å². The van der Waals surface area contributed by atoms with Gasteiger partial charge in [-0.05, 0) is 62.5 Å². The van der Waals surface area contributed by atoms with Gasteiger partial charge >= 0.3 is 0 Å². The average Bonchev–Trinajstić information content (AvgIpc) is 3.07. The maximum Gasteiger partial charge on any atom is 0.140 e. The first-order valence-corrected chi connectivity index (χ1v) is 10.5. The SMILES string of the molecule is CC(C)C1CCC(N2CCC(n3cc(C=NO)c4cccnc43)CC2)CC1. The van der Waals surface area contributed by atoms with Crippen LogP contribution in [0, 0.1) is 11.8 Å². The monoisotopic (exact) mass is 368 g/mol. The zero-order valence-corrected chi connectivity index (χ0v) is 16.6. The standard InChI is InChI=1S/C22H32N4O/c1-16(2)17-5-7-19(8-6-17)25-12-9-20(10-13-25)26-15-18(14-24-27)21-4-3-11-23-22(21)26/h3-4,11,14-17,19-20,27H,5-10,12-13H2,1-2H3. The molecule has 0 atom stereocenters. The fourth-order valence-electron chi connectivity index (χ4n) is 5.21. The minimum absolute atomic E-state index is 0.478. The van der Waals surface area contributed by atoms with Gasteiger partial charge in [0.2, 0.25) is 0 Å². The Balaban J connectivity index is 1.42. The van der Waals surface area contributed by atoms with E-state index < -0.39 is 0 Å². The van der Waals surface area contributed by atoms with Crippen LogP contribution in [0.4, 0.5) is 0 Å². The smallest absolute Gasteiger partial charge is 0.140 e. The average molecular weight is 369 g/mol. The number of hydrogen-bond donors (Lipinski definition) is 1. The summed E-state index contributed by atoms with van der Waals surface area (Å²) >= 11 is 0. The number of hydrogen-bond acceptors (Lipinski definition) is 4. The number of nitrogens with zero attached hydrogens (tertiary/aromatic N) is 4. The number of piperidine rings is 1. The predicted molar refractivity (Wildman–Crippen MR) is 110 cm³/mol. The van der Waals surface area contributed by atoms with Crippen LogP contribution in [-0.2, 0) is 0 Å². The van der Waals surface area contributed by atoms with Gasteiger partial charge in [0.15, 0.2) is 0 Å². The van der Waals surface area contributed by atoms with Crippen LogP contribution in [0.3, 0.4) is 0 Å². The molecule has 1 saturated heterocycles. The Kier molecular flexibility index (Phi) is 5.48. The van der Waals surface area contributed by atoms with Crippen molar-refractivity contribution in [2.45, 2.75) is 64.5 Å². The highest BCUT2D eigenvalue weighted by molar-refractivity contribution is 5.97. The quantitative estimate of drug-likeness (QED) is 0.484. The third-order valence-corrected chi connectivity index (χ3v) is 6.91. The van der Waals surface area contributed by atoms with Gasteiger partial charge in [-0.15, -0.1) is 0 Å². The lowest BCUT2D eigenvalue weighted by Crippen LogP contribution is -2.43. The minimum atomic E-state index is 0.478. The number of rotatable bonds is 4. The number of aromatic nitrogens is 2.